The second-order valence-corrected chi connectivity index (χ2v) is 5.51. The van der Waals surface area contributed by atoms with Crippen molar-refractivity contribution in [3.05, 3.63) is 59.1 Å². The minimum Gasteiger partial charge on any atom is -0.324 e. The molecular weight excluding hydrogens is 338 g/mol. The van der Waals surface area contributed by atoms with Crippen LogP contribution >= 0.6 is 11.6 Å². The van der Waals surface area contributed by atoms with E-state index in [4.69, 9.17) is 11.6 Å². The summed E-state index contributed by atoms with van der Waals surface area (Å²) in [6.45, 7) is 1.50. The molecule has 0 radical (unpaired) electrons. The van der Waals surface area contributed by atoms with E-state index in [0.717, 1.165) is 12.1 Å². The van der Waals surface area contributed by atoms with Crippen molar-refractivity contribution in [2.45, 2.75) is 13.3 Å². The van der Waals surface area contributed by atoms with Crippen molar-refractivity contribution in [2.75, 3.05) is 16.8 Å². The number of carbonyl (C=O) groups excluding carboxylic acids is 2. The molecule has 0 aliphatic carbocycles. The number of nitrogens with one attached hydrogen (secondary N) is 1. The summed E-state index contributed by atoms with van der Waals surface area (Å²) < 4.78 is 26.3. The normalized spacial score (nSPS) is 10.3. The predicted molar refractivity (Wildman–Crippen MR) is 89.1 cm³/mol. The van der Waals surface area contributed by atoms with Gasteiger partial charge in [-0.05, 0) is 36.4 Å². The van der Waals surface area contributed by atoms with E-state index in [9.17, 15) is 18.4 Å². The number of rotatable bonds is 5. The van der Waals surface area contributed by atoms with Gasteiger partial charge in [0.2, 0.25) is 11.8 Å². The van der Waals surface area contributed by atoms with Crippen molar-refractivity contribution in [3.8, 4) is 0 Å². The van der Waals surface area contributed by atoms with E-state index in [-0.39, 0.29) is 24.6 Å². The van der Waals surface area contributed by atoms with Gasteiger partial charge in [0, 0.05) is 36.7 Å². The molecule has 0 atom stereocenters. The van der Waals surface area contributed by atoms with Crippen LogP contribution in [0, 0.1) is 11.6 Å². The van der Waals surface area contributed by atoms with Crippen molar-refractivity contribution in [3.63, 3.8) is 0 Å². The smallest absolute Gasteiger partial charge is 0.226 e. The van der Waals surface area contributed by atoms with E-state index in [2.05, 4.69) is 5.32 Å². The zero-order chi connectivity index (χ0) is 17.7. The van der Waals surface area contributed by atoms with E-state index >= 15 is 0 Å². The molecule has 2 rings (SSSR count). The van der Waals surface area contributed by atoms with Crippen LogP contribution in [0.2, 0.25) is 5.02 Å². The van der Waals surface area contributed by atoms with E-state index in [1.54, 1.807) is 24.3 Å². The molecule has 0 aromatic heterocycles. The summed E-state index contributed by atoms with van der Waals surface area (Å²) >= 11 is 5.81. The van der Waals surface area contributed by atoms with E-state index in [1.807, 2.05) is 0 Å². The van der Waals surface area contributed by atoms with Gasteiger partial charge in [-0.2, -0.15) is 0 Å². The largest absolute Gasteiger partial charge is 0.324 e. The molecule has 7 heteroatoms. The number of amides is 2. The lowest BCUT2D eigenvalue weighted by Gasteiger charge is -2.21. The first-order valence-electron chi connectivity index (χ1n) is 7.15. The summed E-state index contributed by atoms with van der Waals surface area (Å²) in [6, 6.07) is 9.49. The Hall–Kier alpha value is -2.47. The quantitative estimate of drug-likeness (QED) is 0.884. The predicted octanol–water partition coefficient (Wildman–Crippen LogP) is 4.00. The molecule has 0 heterocycles. The van der Waals surface area contributed by atoms with Gasteiger partial charge >= 0.3 is 0 Å². The molecule has 0 unspecified atom stereocenters. The average molecular weight is 353 g/mol. The van der Waals surface area contributed by atoms with Crippen LogP contribution in [-0.4, -0.2) is 18.4 Å². The first-order chi connectivity index (χ1) is 11.4. The zero-order valence-corrected chi connectivity index (χ0v) is 13.6. The van der Waals surface area contributed by atoms with Gasteiger partial charge in [-0.15, -0.1) is 0 Å². The Morgan fingerprint density at radius 3 is 2.38 bits per heavy atom. The highest BCUT2D eigenvalue weighted by Crippen LogP contribution is 2.19. The molecule has 2 aromatic carbocycles. The molecule has 0 aliphatic rings. The minimum atomic E-state index is -0.857. The first kappa shape index (κ1) is 17.9. The molecule has 126 valence electrons. The fourth-order valence-electron chi connectivity index (χ4n) is 2.11. The number of halogens is 3. The van der Waals surface area contributed by atoms with Crippen LogP contribution in [0.5, 0.6) is 0 Å². The van der Waals surface area contributed by atoms with Crippen LogP contribution in [0.3, 0.4) is 0 Å². The molecule has 0 fully saturated rings. The Morgan fingerprint density at radius 2 is 1.79 bits per heavy atom. The summed E-state index contributed by atoms with van der Waals surface area (Å²) in [5, 5.41) is 2.89. The number of benzene rings is 2. The number of hydrogen-bond acceptors (Lipinski definition) is 2. The molecular formula is C17H15ClF2N2O2. The SMILES string of the molecule is CC(=O)N(CCC(=O)Nc1ccc(F)cc1F)c1ccc(Cl)cc1. The van der Waals surface area contributed by atoms with Gasteiger partial charge in [0.05, 0.1) is 5.69 Å². The number of nitrogens with zero attached hydrogens (tertiary/aromatic N) is 1. The minimum absolute atomic E-state index is 0.0426. The first-order valence-corrected chi connectivity index (χ1v) is 7.53. The van der Waals surface area contributed by atoms with E-state index in [1.165, 1.54) is 11.8 Å². The zero-order valence-electron chi connectivity index (χ0n) is 12.9. The topological polar surface area (TPSA) is 49.4 Å². The number of carbonyl (C=O) groups is 2. The fourth-order valence-corrected chi connectivity index (χ4v) is 2.23. The maximum absolute atomic E-state index is 13.5. The Balaban J connectivity index is 2.00. The molecule has 1 N–H and O–H groups in total. The molecule has 2 aromatic rings. The third-order valence-corrected chi connectivity index (χ3v) is 3.54. The fraction of sp³-hybridized carbons (Fsp3) is 0.176. The van der Waals surface area contributed by atoms with Gasteiger partial charge in [-0.3, -0.25) is 9.59 Å². The third-order valence-electron chi connectivity index (χ3n) is 3.29. The Morgan fingerprint density at radius 1 is 1.12 bits per heavy atom. The molecule has 2 amide bonds. The van der Waals surface area contributed by atoms with Gasteiger partial charge in [0.1, 0.15) is 11.6 Å². The highest BCUT2D eigenvalue weighted by molar-refractivity contribution is 6.30. The van der Waals surface area contributed by atoms with Crippen molar-refractivity contribution in [2.24, 2.45) is 0 Å². The Bertz CT molecular complexity index is 751. The molecule has 0 saturated carbocycles. The number of hydrogen-bond donors (Lipinski definition) is 1. The molecule has 0 aliphatic heterocycles. The maximum atomic E-state index is 13.5. The van der Waals surface area contributed by atoms with E-state index in [0.29, 0.717) is 16.8 Å². The lowest BCUT2D eigenvalue weighted by atomic mass is 10.2. The van der Waals surface area contributed by atoms with E-state index < -0.39 is 17.5 Å². The molecule has 24 heavy (non-hydrogen) atoms. The highest BCUT2D eigenvalue weighted by atomic mass is 35.5. The van der Waals surface area contributed by atoms with Gasteiger partial charge in [0.15, 0.2) is 0 Å². The summed E-state index contributed by atoms with van der Waals surface area (Å²) in [7, 11) is 0. The second-order valence-electron chi connectivity index (χ2n) is 5.07. The Kier molecular flexibility index (Phi) is 5.87. The van der Waals surface area contributed by atoms with Gasteiger partial charge in [-0.25, -0.2) is 8.78 Å². The standard InChI is InChI=1S/C17H15ClF2N2O2/c1-11(23)22(14-5-2-12(18)3-6-14)9-8-17(24)21-16-7-4-13(19)10-15(16)20/h2-7,10H,8-9H2,1H3,(H,21,24). The lowest BCUT2D eigenvalue weighted by Crippen LogP contribution is -2.32. The lowest BCUT2D eigenvalue weighted by molar-refractivity contribution is -0.117. The van der Waals surface area contributed by atoms with Crippen LogP contribution in [0.15, 0.2) is 42.5 Å². The highest BCUT2D eigenvalue weighted by Gasteiger charge is 2.14. The monoisotopic (exact) mass is 352 g/mol. The van der Waals surface area contributed by atoms with Crippen molar-refractivity contribution in [1.82, 2.24) is 0 Å². The summed E-state index contributed by atoms with van der Waals surface area (Å²) in [5.74, 6) is -2.31. The van der Waals surface area contributed by atoms with Crippen molar-refractivity contribution < 1.29 is 18.4 Å². The Labute approximate surface area is 143 Å². The summed E-state index contributed by atoms with van der Waals surface area (Å²) in [4.78, 5) is 25.1. The molecule has 0 saturated heterocycles. The average Bonchev–Trinajstić information content (AvgIpc) is 2.52. The van der Waals surface area contributed by atoms with Gasteiger partial charge in [-0.1, -0.05) is 11.6 Å². The molecule has 4 nitrogen and oxygen atoms in total. The van der Waals surface area contributed by atoms with Gasteiger partial charge < -0.3 is 10.2 Å². The summed E-state index contributed by atoms with van der Waals surface area (Å²) in [5.41, 5.74) is 0.495. The third kappa shape index (κ3) is 4.76. The van der Waals surface area contributed by atoms with Crippen molar-refractivity contribution in [1.29, 1.82) is 0 Å². The van der Waals surface area contributed by atoms with Crippen LogP contribution in [0.4, 0.5) is 20.2 Å². The van der Waals surface area contributed by atoms with Crippen LogP contribution in [0.1, 0.15) is 13.3 Å². The van der Waals surface area contributed by atoms with Gasteiger partial charge in [0.25, 0.3) is 0 Å². The molecule has 0 spiro atoms. The van der Waals surface area contributed by atoms with Crippen LogP contribution in [0.25, 0.3) is 0 Å². The van der Waals surface area contributed by atoms with Crippen LogP contribution in [-0.2, 0) is 9.59 Å². The molecule has 0 bridgehead atoms. The van der Waals surface area contributed by atoms with Crippen LogP contribution < -0.4 is 10.2 Å². The number of anilines is 2. The second kappa shape index (κ2) is 7.88. The summed E-state index contributed by atoms with van der Waals surface area (Å²) in [6.07, 6.45) is -0.0426. The maximum Gasteiger partial charge on any atom is 0.226 e. The van der Waals surface area contributed by atoms with Crippen molar-refractivity contribution >= 4 is 34.8 Å².